The molecule has 2 aromatic rings. The van der Waals surface area contributed by atoms with Gasteiger partial charge in [0, 0.05) is 23.2 Å². The van der Waals surface area contributed by atoms with Gasteiger partial charge in [-0.3, -0.25) is 14.4 Å². The number of aliphatic carboxylic acids is 1. The van der Waals surface area contributed by atoms with Crippen molar-refractivity contribution in [1.29, 1.82) is 0 Å². The monoisotopic (exact) mass is 634 g/mol. The normalized spacial score (nSPS) is 18.3. The van der Waals surface area contributed by atoms with E-state index < -0.39 is 36.3 Å². The van der Waals surface area contributed by atoms with E-state index in [1.807, 2.05) is 38.2 Å². The second kappa shape index (κ2) is 19.1. The zero-order valence-electron chi connectivity index (χ0n) is 26.5. The van der Waals surface area contributed by atoms with E-state index in [4.69, 9.17) is 11.6 Å². The summed E-state index contributed by atoms with van der Waals surface area (Å²) in [6.07, 6.45) is -1.77. The molecular weight excluding hydrogens is 591 g/mol. The Labute approximate surface area is 277 Å². The van der Waals surface area contributed by atoms with Crippen LogP contribution in [0.25, 0.3) is 0 Å². The van der Waals surface area contributed by atoms with Crippen LogP contribution in [0.15, 0.2) is 36.4 Å². The maximum absolute atomic E-state index is 14.8. The molecule has 11 heteroatoms. The molecule has 0 spiro atoms. The van der Waals surface area contributed by atoms with Crippen molar-refractivity contribution in [3.8, 4) is 0 Å². The molecule has 44 heavy (non-hydrogen) atoms. The van der Waals surface area contributed by atoms with Gasteiger partial charge < -0.3 is 30.3 Å². The number of ether oxygens (including phenoxy) is 1. The van der Waals surface area contributed by atoms with Gasteiger partial charge in [0.05, 0.1) is 6.10 Å². The van der Waals surface area contributed by atoms with Gasteiger partial charge in [0.2, 0.25) is 0 Å². The number of hydrogen-bond acceptors (Lipinski definition) is 4. The Morgan fingerprint density at radius 1 is 1.11 bits per heavy atom. The number of likely N-dealkylation sites (N-methyl/N-ethyl adjacent to an activating group) is 1. The third kappa shape index (κ3) is 11.6. The largest absolute Gasteiger partial charge is 1.00 e. The van der Waals surface area contributed by atoms with Crippen molar-refractivity contribution in [2.24, 2.45) is 0 Å². The molecule has 0 heterocycles. The molecule has 3 rings (SSSR count). The summed E-state index contributed by atoms with van der Waals surface area (Å²) in [7, 11) is 1.71. The quantitative estimate of drug-likeness (QED) is 0.183. The van der Waals surface area contributed by atoms with Crippen LogP contribution in [0.1, 0.15) is 86.2 Å². The second-order valence-corrected chi connectivity index (χ2v) is 11.4. The fraction of sp³-hybridized carbons (Fsp3) is 0.515. The van der Waals surface area contributed by atoms with Crippen molar-refractivity contribution < 1.29 is 51.1 Å². The van der Waals surface area contributed by atoms with Gasteiger partial charge in [-0.05, 0) is 86.9 Å². The molecule has 0 saturated heterocycles. The Bertz CT molecular complexity index is 1160. The molecule has 0 amide bonds. The predicted octanol–water partition coefficient (Wildman–Crippen LogP) is 5.74. The van der Waals surface area contributed by atoms with Crippen molar-refractivity contribution in [2.75, 3.05) is 26.7 Å². The Hall–Kier alpha value is -1.60. The number of carbonyl (C=O) groups is 1. The smallest absolute Gasteiger partial charge is 0.480 e. The molecule has 242 valence electrons. The average molecular weight is 635 g/mol. The van der Waals surface area contributed by atoms with E-state index in [9.17, 15) is 27.5 Å². The Morgan fingerprint density at radius 2 is 1.70 bits per heavy atom. The van der Waals surface area contributed by atoms with Gasteiger partial charge in [-0.15, -0.1) is 26.3 Å². The molecule has 1 aliphatic rings. The molecule has 1 saturated carbocycles. The predicted molar refractivity (Wildman–Crippen MR) is 163 cm³/mol. The Kier molecular flexibility index (Phi) is 17.6. The molecule has 0 radical (unpaired) electrons. The first-order chi connectivity index (χ1) is 20.3. The van der Waals surface area contributed by atoms with Gasteiger partial charge in [0.15, 0.2) is 0 Å². The van der Waals surface area contributed by atoms with Crippen LogP contribution in [-0.4, -0.2) is 60.0 Å². The molecular formula is C33H44ClF4LiN2O3-2. The van der Waals surface area contributed by atoms with Gasteiger partial charge in [-0.2, -0.15) is 13.8 Å². The zero-order chi connectivity index (χ0) is 32.3. The van der Waals surface area contributed by atoms with Gasteiger partial charge in [-0.25, -0.2) is 4.39 Å². The fourth-order valence-corrected chi connectivity index (χ4v) is 6.08. The minimum Gasteiger partial charge on any atom is -0.480 e. The number of nitrogens with zero attached hydrogens (tertiary/aromatic N) is 2. The fourth-order valence-electron chi connectivity index (χ4n) is 5.90. The molecule has 0 aliphatic heterocycles. The van der Waals surface area contributed by atoms with E-state index in [-0.39, 0.29) is 37.6 Å². The maximum atomic E-state index is 14.8. The number of alkyl halides is 3. The van der Waals surface area contributed by atoms with Crippen LogP contribution < -0.4 is 18.9 Å². The van der Waals surface area contributed by atoms with Crippen LogP contribution in [0.3, 0.4) is 0 Å². The molecule has 5 nitrogen and oxygen atoms in total. The standard InChI is InChI=1S/C30H37ClF4N2O3.C3H7.Li/c1-5-37(6-2)26(24-18-21(31)12-15-25(24)32)16-17-36(4)28(29(38)39)23-9-7-8-19(3)27(23)20-10-13-22(14-11-20)40-30(33,34)35;1-3-2;/h7-9,12,15,18,20,22,26,28H,1-2,5-6,10-11,13-14,16-17H2,3-4H3,(H,38,39);3H,1-2H3;/q-2;-1;+1/t20?,22?,26-,28?;;/m0../s1. The first-order valence-corrected chi connectivity index (χ1v) is 14.9. The van der Waals surface area contributed by atoms with Gasteiger partial charge in [-0.1, -0.05) is 29.8 Å². The first kappa shape index (κ1) is 40.4. The number of aryl methyl sites for hydroxylation is 1. The number of rotatable bonds is 12. The summed E-state index contributed by atoms with van der Waals surface area (Å²) in [5.74, 6) is -1.54. The molecule has 2 atom stereocenters. The van der Waals surface area contributed by atoms with E-state index in [0.717, 1.165) is 11.1 Å². The van der Waals surface area contributed by atoms with E-state index in [2.05, 4.69) is 18.6 Å². The van der Waals surface area contributed by atoms with Crippen LogP contribution in [0.2, 0.25) is 5.02 Å². The minimum absolute atomic E-state index is 0. The average Bonchev–Trinajstić information content (AvgIpc) is 2.93. The Balaban J connectivity index is 0.00000232. The summed E-state index contributed by atoms with van der Waals surface area (Å²) >= 11 is 6.17. The zero-order valence-corrected chi connectivity index (χ0v) is 27.2. The molecule has 1 fully saturated rings. The summed E-state index contributed by atoms with van der Waals surface area (Å²) in [5.41, 5.74) is 2.78. The summed E-state index contributed by atoms with van der Waals surface area (Å²) in [6.45, 7) is 14.8. The van der Waals surface area contributed by atoms with Crippen LogP contribution in [0, 0.1) is 33.0 Å². The van der Waals surface area contributed by atoms with Crippen molar-refractivity contribution in [2.45, 2.75) is 83.3 Å². The molecule has 2 aromatic carbocycles. The number of halogens is 5. The van der Waals surface area contributed by atoms with Crippen molar-refractivity contribution in [3.05, 3.63) is 89.8 Å². The summed E-state index contributed by atoms with van der Waals surface area (Å²) in [6, 6.07) is 8.41. The van der Waals surface area contributed by atoms with E-state index in [1.54, 1.807) is 30.1 Å². The first-order valence-electron chi connectivity index (χ1n) is 14.6. The minimum atomic E-state index is -4.68. The molecule has 0 bridgehead atoms. The van der Waals surface area contributed by atoms with E-state index in [1.165, 1.54) is 12.1 Å². The Morgan fingerprint density at radius 3 is 2.23 bits per heavy atom. The van der Waals surface area contributed by atoms with E-state index in [0.29, 0.717) is 55.0 Å². The topological polar surface area (TPSA) is 53.0 Å². The summed E-state index contributed by atoms with van der Waals surface area (Å²) < 4.78 is 57.2. The number of carboxylic acid groups (broad SMARTS) is 1. The molecule has 0 aromatic heterocycles. The van der Waals surface area contributed by atoms with E-state index >= 15 is 0 Å². The van der Waals surface area contributed by atoms with Gasteiger partial charge in [0.1, 0.15) is 11.9 Å². The van der Waals surface area contributed by atoms with Crippen LogP contribution in [0.5, 0.6) is 0 Å². The molecule has 1 unspecified atom stereocenters. The van der Waals surface area contributed by atoms with Crippen molar-refractivity contribution in [1.82, 2.24) is 9.80 Å². The molecule has 1 N–H and O–H groups in total. The molecule has 1 aliphatic carbocycles. The summed E-state index contributed by atoms with van der Waals surface area (Å²) in [5, 5.41) is 10.7. The van der Waals surface area contributed by atoms with Crippen molar-refractivity contribution in [3.63, 3.8) is 0 Å². The number of hydrogen-bond donors (Lipinski definition) is 1. The third-order valence-corrected chi connectivity index (χ3v) is 8.03. The summed E-state index contributed by atoms with van der Waals surface area (Å²) in [4.78, 5) is 16.3. The van der Waals surface area contributed by atoms with Crippen LogP contribution in [-0.2, 0) is 9.53 Å². The van der Waals surface area contributed by atoms with Gasteiger partial charge in [0.25, 0.3) is 0 Å². The van der Waals surface area contributed by atoms with Gasteiger partial charge >= 0.3 is 31.2 Å². The number of benzene rings is 2. The SMILES string of the molecule is C[CH-]C.[CH2-]CN(C[CH2-])[C@@H](CCN(C)C(C(=O)O)c1cccc(C)c1C1CCC(OC(F)(F)F)CC1)c1cc(Cl)ccc1F.[Li+]. The third-order valence-electron chi connectivity index (χ3n) is 7.80. The van der Waals surface area contributed by atoms with Crippen LogP contribution >= 0.6 is 11.6 Å². The van der Waals surface area contributed by atoms with Crippen molar-refractivity contribution >= 4 is 17.6 Å². The van der Waals surface area contributed by atoms with Crippen LogP contribution in [0.4, 0.5) is 17.6 Å². The second-order valence-electron chi connectivity index (χ2n) is 10.9. The maximum Gasteiger partial charge on any atom is 1.00 e. The number of carboxylic acids is 1.